The molecule has 0 aromatic heterocycles. The third-order valence-corrected chi connectivity index (χ3v) is 3.31. The molecule has 3 heteroatoms. The topological polar surface area (TPSA) is 55.1 Å². The summed E-state index contributed by atoms with van der Waals surface area (Å²) in [7, 11) is 0. The van der Waals surface area contributed by atoms with Crippen LogP contribution in [0.5, 0.6) is 0 Å². The van der Waals surface area contributed by atoms with Crippen molar-refractivity contribution in [2.45, 2.75) is 77.8 Å². The highest BCUT2D eigenvalue weighted by atomic mass is 16.1. The van der Waals surface area contributed by atoms with Gasteiger partial charge in [0.15, 0.2) is 0 Å². The van der Waals surface area contributed by atoms with Gasteiger partial charge in [0, 0.05) is 17.5 Å². The van der Waals surface area contributed by atoms with Crippen LogP contribution in [0.1, 0.15) is 66.7 Å². The first kappa shape index (κ1) is 14.5. The van der Waals surface area contributed by atoms with E-state index in [1.807, 2.05) is 0 Å². The molecule has 0 radical (unpaired) electrons. The maximum Gasteiger partial charge on any atom is 0.222 e. The van der Waals surface area contributed by atoms with E-state index in [0.717, 1.165) is 25.7 Å². The molecule has 100 valence electrons. The molecule has 0 unspecified atom stereocenters. The van der Waals surface area contributed by atoms with Crippen LogP contribution in [0, 0.1) is 5.41 Å². The average molecular weight is 240 g/mol. The Kier molecular flexibility index (Phi) is 3.92. The van der Waals surface area contributed by atoms with E-state index in [4.69, 9.17) is 5.73 Å². The highest BCUT2D eigenvalue weighted by molar-refractivity contribution is 5.78. The summed E-state index contributed by atoms with van der Waals surface area (Å²) < 4.78 is 0. The Morgan fingerprint density at radius 3 is 2.12 bits per heavy atom. The van der Waals surface area contributed by atoms with Crippen molar-refractivity contribution in [3.63, 3.8) is 0 Å². The van der Waals surface area contributed by atoms with Crippen LogP contribution in [0.25, 0.3) is 0 Å². The van der Waals surface area contributed by atoms with E-state index >= 15 is 0 Å². The van der Waals surface area contributed by atoms with Gasteiger partial charge in [-0.25, -0.2) is 0 Å². The molecule has 0 saturated heterocycles. The summed E-state index contributed by atoms with van der Waals surface area (Å²) in [6.45, 7) is 10.7. The van der Waals surface area contributed by atoms with E-state index < -0.39 is 0 Å². The van der Waals surface area contributed by atoms with Gasteiger partial charge in [-0.15, -0.1) is 0 Å². The fraction of sp³-hybridized carbons (Fsp3) is 0.929. The predicted octanol–water partition coefficient (Wildman–Crippen LogP) is 2.59. The third-order valence-electron chi connectivity index (χ3n) is 3.31. The minimum Gasteiger partial charge on any atom is -0.351 e. The number of nitrogens with two attached hydrogens (primary N) is 1. The lowest BCUT2D eigenvalue weighted by atomic mass is 9.75. The van der Waals surface area contributed by atoms with Crippen LogP contribution in [-0.4, -0.2) is 17.0 Å². The third kappa shape index (κ3) is 5.07. The maximum atomic E-state index is 12.0. The fourth-order valence-corrected chi connectivity index (χ4v) is 2.92. The van der Waals surface area contributed by atoms with Gasteiger partial charge in [0.2, 0.25) is 5.91 Å². The van der Waals surface area contributed by atoms with E-state index in [2.05, 4.69) is 39.9 Å². The second-order valence-corrected chi connectivity index (χ2v) is 7.56. The Morgan fingerprint density at radius 2 is 1.76 bits per heavy atom. The molecule has 1 rings (SSSR count). The first-order valence-electron chi connectivity index (χ1n) is 6.61. The Morgan fingerprint density at radius 1 is 1.24 bits per heavy atom. The first-order valence-corrected chi connectivity index (χ1v) is 6.61. The lowest BCUT2D eigenvalue weighted by molar-refractivity contribution is -0.124. The van der Waals surface area contributed by atoms with Crippen molar-refractivity contribution in [1.29, 1.82) is 0 Å². The standard InChI is InChI=1S/C14H28N2O/c1-12(2,3)10-13(4,5)16-11(17)9-14(15)7-6-8-14/h6-10,15H2,1-5H3,(H,16,17). The maximum absolute atomic E-state index is 12.0. The zero-order valence-corrected chi connectivity index (χ0v) is 12.0. The second kappa shape index (κ2) is 4.60. The normalized spacial score (nSPS) is 19.6. The zero-order chi connectivity index (χ0) is 13.3. The van der Waals surface area contributed by atoms with Crippen molar-refractivity contribution in [2.24, 2.45) is 11.1 Å². The minimum absolute atomic E-state index is 0.0986. The van der Waals surface area contributed by atoms with Crippen molar-refractivity contribution in [3.8, 4) is 0 Å². The summed E-state index contributed by atoms with van der Waals surface area (Å²) in [4.78, 5) is 12.0. The number of amides is 1. The number of carbonyl (C=O) groups is 1. The monoisotopic (exact) mass is 240 g/mol. The van der Waals surface area contributed by atoms with E-state index in [1.54, 1.807) is 0 Å². The van der Waals surface area contributed by atoms with Crippen molar-refractivity contribution in [3.05, 3.63) is 0 Å². The van der Waals surface area contributed by atoms with Gasteiger partial charge in [-0.3, -0.25) is 4.79 Å². The van der Waals surface area contributed by atoms with Crippen molar-refractivity contribution < 1.29 is 4.79 Å². The Hall–Kier alpha value is -0.570. The molecule has 1 saturated carbocycles. The molecule has 0 aliphatic heterocycles. The van der Waals surface area contributed by atoms with Crippen LogP contribution in [0.15, 0.2) is 0 Å². The van der Waals surface area contributed by atoms with Crippen LogP contribution in [0.2, 0.25) is 0 Å². The molecular formula is C14H28N2O. The summed E-state index contributed by atoms with van der Waals surface area (Å²) in [5.74, 6) is 0.0986. The average Bonchev–Trinajstić information content (AvgIpc) is 1.93. The van der Waals surface area contributed by atoms with Crippen LogP contribution in [0.3, 0.4) is 0 Å². The smallest absolute Gasteiger partial charge is 0.222 e. The summed E-state index contributed by atoms with van der Waals surface area (Å²) in [6, 6.07) is 0. The number of hydrogen-bond donors (Lipinski definition) is 2. The SMILES string of the molecule is CC(C)(C)CC(C)(C)NC(=O)CC1(N)CCC1. The Bertz CT molecular complexity index is 285. The van der Waals surface area contributed by atoms with Gasteiger partial charge >= 0.3 is 0 Å². The van der Waals surface area contributed by atoms with Crippen molar-refractivity contribution in [1.82, 2.24) is 5.32 Å². The van der Waals surface area contributed by atoms with Crippen molar-refractivity contribution in [2.75, 3.05) is 0 Å². The molecule has 0 aromatic rings. The number of nitrogens with one attached hydrogen (secondary N) is 1. The van der Waals surface area contributed by atoms with E-state index in [0.29, 0.717) is 6.42 Å². The molecule has 1 amide bonds. The lowest BCUT2D eigenvalue weighted by Gasteiger charge is -2.39. The fourth-order valence-electron chi connectivity index (χ4n) is 2.92. The predicted molar refractivity (Wildman–Crippen MR) is 71.7 cm³/mol. The summed E-state index contributed by atoms with van der Waals surface area (Å²) >= 11 is 0. The molecule has 1 fully saturated rings. The van der Waals surface area contributed by atoms with Crippen LogP contribution < -0.4 is 11.1 Å². The molecular weight excluding hydrogens is 212 g/mol. The van der Waals surface area contributed by atoms with Gasteiger partial charge in [-0.05, 0) is 44.9 Å². The molecule has 0 bridgehead atoms. The van der Waals surface area contributed by atoms with Gasteiger partial charge in [0.1, 0.15) is 0 Å². The summed E-state index contributed by atoms with van der Waals surface area (Å²) in [5.41, 5.74) is 5.93. The molecule has 3 nitrogen and oxygen atoms in total. The largest absolute Gasteiger partial charge is 0.351 e. The van der Waals surface area contributed by atoms with Crippen LogP contribution in [0.4, 0.5) is 0 Å². The summed E-state index contributed by atoms with van der Waals surface area (Å²) in [5, 5.41) is 3.12. The van der Waals surface area contributed by atoms with Crippen molar-refractivity contribution >= 4 is 5.91 Å². The number of hydrogen-bond acceptors (Lipinski definition) is 2. The molecule has 0 aromatic carbocycles. The molecule has 0 heterocycles. The highest BCUT2D eigenvalue weighted by Crippen LogP contribution is 2.32. The summed E-state index contributed by atoms with van der Waals surface area (Å²) in [6.07, 6.45) is 4.57. The number of rotatable bonds is 4. The van der Waals surface area contributed by atoms with Crippen LogP contribution in [-0.2, 0) is 4.79 Å². The van der Waals surface area contributed by atoms with Gasteiger partial charge in [0.25, 0.3) is 0 Å². The van der Waals surface area contributed by atoms with Gasteiger partial charge < -0.3 is 11.1 Å². The number of carbonyl (C=O) groups excluding carboxylic acids is 1. The molecule has 3 N–H and O–H groups in total. The Labute approximate surface area is 106 Å². The molecule has 0 spiro atoms. The van der Waals surface area contributed by atoms with Crippen LogP contribution >= 0.6 is 0 Å². The quantitative estimate of drug-likeness (QED) is 0.793. The first-order chi connectivity index (χ1) is 7.52. The van der Waals surface area contributed by atoms with E-state index in [9.17, 15) is 4.79 Å². The molecule has 17 heavy (non-hydrogen) atoms. The van der Waals surface area contributed by atoms with Gasteiger partial charge in [-0.2, -0.15) is 0 Å². The Balaban J connectivity index is 2.44. The highest BCUT2D eigenvalue weighted by Gasteiger charge is 2.36. The molecule has 1 aliphatic rings. The minimum atomic E-state index is -0.220. The molecule has 0 atom stereocenters. The van der Waals surface area contributed by atoms with Gasteiger partial charge in [-0.1, -0.05) is 20.8 Å². The lowest BCUT2D eigenvalue weighted by Crippen LogP contribution is -2.53. The zero-order valence-electron chi connectivity index (χ0n) is 12.0. The van der Waals surface area contributed by atoms with E-state index in [-0.39, 0.29) is 22.4 Å². The second-order valence-electron chi connectivity index (χ2n) is 7.56. The van der Waals surface area contributed by atoms with Gasteiger partial charge in [0.05, 0.1) is 0 Å². The molecule has 1 aliphatic carbocycles. The van der Waals surface area contributed by atoms with E-state index in [1.165, 1.54) is 0 Å².